The van der Waals surface area contributed by atoms with Crippen molar-refractivity contribution in [3.63, 3.8) is 0 Å². The average molecular weight is 742 g/mol. The Morgan fingerprint density at radius 3 is 2.71 bits per heavy atom. The smallest absolute Gasteiger partial charge is 0.407 e. The van der Waals surface area contributed by atoms with Crippen LogP contribution in [-0.2, 0) is 16.0 Å². The van der Waals surface area contributed by atoms with Crippen LogP contribution in [0.1, 0.15) is 23.1 Å². The number of nitrogens with one attached hydrogen (secondary N) is 6. The third-order valence-corrected chi connectivity index (χ3v) is 9.73. The van der Waals surface area contributed by atoms with Crippen molar-refractivity contribution >= 4 is 64.5 Å². The molecule has 2 heterocycles. The Morgan fingerprint density at radius 1 is 1.08 bits per heavy atom. The molecule has 0 aliphatic carbocycles. The third-order valence-electron chi connectivity index (χ3n) is 7.85. The molecule has 0 saturated heterocycles. The molecule has 52 heavy (non-hydrogen) atoms. The van der Waals surface area contributed by atoms with Crippen LogP contribution in [0.25, 0.3) is 0 Å². The monoisotopic (exact) mass is 741 g/mol. The molecule has 0 saturated carbocycles. The van der Waals surface area contributed by atoms with Crippen LogP contribution < -0.4 is 37.2 Å². The van der Waals surface area contributed by atoms with Gasteiger partial charge in [0.15, 0.2) is 0 Å². The molecule has 0 spiro atoms. The van der Waals surface area contributed by atoms with Crippen LogP contribution in [0.5, 0.6) is 0 Å². The van der Waals surface area contributed by atoms with E-state index in [1.54, 1.807) is 43.1 Å². The minimum atomic E-state index is -1.15. The standard InChI is InChI=1S/C37H43N9O4S2/c1-46-30-14-6-5-13-29(30)33(26-10-3-2-4-11-26)44-34(35(46)47)45-36(48)43-27-12-7-9-25(21-27)15-19-50-37(49)41-17-8-16-40-18-20-51-23-28-24-52-32(42-28)22-31(38)39/h2-7,9-14,21-22,24,34,40,42H,8,15-20,23H2,1H3,(H3,38,39)(H,41,49)(H2,43,45,48)/t34-/m0/s1. The maximum absolute atomic E-state index is 13.4. The van der Waals surface area contributed by atoms with Crippen molar-refractivity contribution in [2.24, 2.45) is 10.7 Å². The molecule has 0 bridgehead atoms. The molecule has 15 heteroatoms. The van der Waals surface area contributed by atoms with Crippen molar-refractivity contribution in [3.8, 4) is 0 Å². The predicted octanol–water partition coefficient (Wildman–Crippen LogP) is 4.58. The summed E-state index contributed by atoms with van der Waals surface area (Å²) in [6.07, 6.45) is 1.20. The highest BCUT2D eigenvalue weighted by Crippen LogP contribution is 2.28. The molecule has 0 fully saturated rings. The van der Waals surface area contributed by atoms with E-state index in [1.807, 2.05) is 66.1 Å². The number of aliphatic imine (C=N–C) groups is 1. The van der Waals surface area contributed by atoms with Gasteiger partial charge in [-0.25, -0.2) is 14.6 Å². The molecule has 1 atom stereocenters. The van der Waals surface area contributed by atoms with Gasteiger partial charge in [0.25, 0.3) is 5.91 Å². The van der Waals surface area contributed by atoms with Crippen LogP contribution in [0, 0.1) is 5.41 Å². The van der Waals surface area contributed by atoms with Gasteiger partial charge in [-0.3, -0.25) is 10.2 Å². The van der Waals surface area contributed by atoms with Gasteiger partial charge in [-0.1, -0.05) is 72.4 Å². The zero-order chi connectivity index (χ0) is 36.7. The lowest BCUT2D eigenvalue weighted by Gasteiger charge is -2.21. The molecule has 0 aromatic heterocycles. The van der Waals surface area contributed by atoms with Crippen molar-refractivity contribution in [2.75, 3.05) is 55.0 Å². The highest BCUT2D eigenvalue weighted by molar-refractivity contribution is 8.06. The second kappa shape index (κ2) is 19.4. The number of likely N-dealkylation sites (N-methyl/N-ethyl adjacent to an activating group) is 1. The predicted molar refractivity (Wildman–Crippen MR) is 211 cm³/mol. The van der Waals surface area contributed by atoms with Gasteiger partial charge >= 0.3 is 12.1 Å². The lowest BCUT2D eigenvalue weighted by atomic mass is 10.0. The number of urea groups is 1. The first-order valence-corrected chi connectivity index (χ1v) is 18.8. The molecule has 13 nitrogen and oxygen atoms in total. The number of carbonyl (C=O) groups is 3. The maximum Gasteiger partial charge on any atom is 0.407 e. The first-order chi connectivity index (χ1) is 25.3. The minimum Gasteiger partial charge on any atom is -0.449 e. The molecule has 3 aromatic rings. The topological polar surface area (TPSA) is 186 Å². The Balaban J connectivity index is 0.989. The second-order valence-corrected chi connectivity index (χ2v) is 13.8. The second-order valence-electron chi connectivity index (χ2n) is 11.8. The number of fused-ring (bicyclic) bond motifs is 1. The molecule has 0 unspecified atom stereocenters. The Morgan fingerprint density at radius 2 is 1.88 bits per heavy atom. The fraction of sp³-hybridized carbons (Fsp3) is 0.270. The summed E-state index contributed by atoms with van der Waals surface area (Å²) in [7, 11) is 1.67. The number of amides is 4. The van der Waals surface area contributed by atoms with E-state index in [4.69, 9.17) is 20.9 Å². The number of nitrogens with zero attached hydrogens (tertiary/aromatic N) is 2. The van der Waals surface area contributed by atoms with E-state index >= 15 is 0 Å². The zero-order valence-electron chi connectivity index (χ0n) is 28.8. The Hall–Kier alpha value is -5.25. The SMILES string of the molecule is CN1C(=O)[C@H](NC(=O)Nc2cccc(CCOC(=O)NCCCNCCSCC3=CSC(=CC(=N)N)N3)c2)N=C(c2ccccc2)c2ccccc21. The molecule has 3 aromatic carbocycles. The lowest BCUT2D eigenvalue weighted by molar-refractivity contribution is -0.119. The maximum atomic E-state index is 13.4. The number of alkyl carbamates (subject to hydrolysis) is 1. The lowest BCUT2D eigenvalue weighted by Crippen LogP contribution is -2.47. The van der Waals surface area contributed by atoms with Crippen molar-refractivity contribution in [1.29, 1.82) is 5.41 Å². The Labute approximate surface area is 311 Å². The highest BCUT2D eigenvalue weighted by Gasteiger charge is 2.31. The molecular weight excluding hydrogens is 699 g/mol. The number of nitrogens with two attached hydrogens (primary N) is 1. The first-order valence-electron chi connectivity index (χ1n) is 16.8. The van der Waals surface area contributed by atoms with Crippen LogP contribution in [0.3, 0.4) is 0 Å². The minimum absolute atomic E-state index is 0.0322. The van der Waals surface area contributed by atoms with Crippen LogP contribution >= 0.6 is 23.5 Å². The van der Waals surface area contributed by atoms with Crippen molar-refractivity contribution in [3.05, 3.63) is 118 Å². The van der Waals surface area contributed by atoms with E-state index in [2.05, 4.69) is 26.6 Å². The van der Waals surface area contributed by atoms with Gasteiger partial charge in [-0.05, 0) is 42.1 Å². The van der Waals surface area contributed by atoms with E-state index in [-0.39, 0.29) is 18.3 Å². The van der Waals surface area contributed by atoms with E-state index < -0.39 is 18.3 Å². The van der Waals surface area contributed by atoms with Crippen molar-refractivity contribution < 1.29 is 19.1 Å². The quantitative estimate of drug-likeness (QED) is 0.0627. The first kappa shape index (κ1) is 38.0. The number of hydrogen-bond donors (Lipinski definition) is 7. The summed E-state index contributed by atoms with van der Waals surface area (Å²) in [5.41, 5.74) is 10.8. The van der Waals surface area contributed by atoms with Crippen LogP contribution in [-0.4, -0.2) is 80.5 Å². The normalized spacial score (nSPS) is 15.9. The summed E-state index contributed by atoms with van der Waals surface area (Å²) in [5, 5.41) is 25.2. The molecule has 2 aliphatic heterocycles. The number of anilines is 2. The number of para-hydroxylation sites is 1. The fourth-order valence-corrected chi connectivity index (χ4v) is 7.05. The largest absolute Gasteiger partial charge is 0.449 e. The summed E-state index contributed by atoms with van der Waals surface area (Å²) in [5.74, 6) is 1.47. The summed E-state index contributed by atoms with van der Waals surface area (Å²) in [6.45, 7) is 2.30. The van der Waals surface area contributed by atoms with E-state index in [9.17, 15) is 14.4 Å². The summed E-state index contributed by atoms with van der Waals surface area (Å²) >= 11 is 3.34. The molecule has 8 N–H and O–H groups in total. The number of benzodiazepines with no additional fused rings is 1. The summed E-state index contributed by atoms with van der Waals surface area (Å²) < 4.78 is 5.35. The van der Waals surface area contributed by atoms with Gasteiger partial charge < -0.3 is 42.0 Å². The number of rotatable bonds is 16. The summed E-state index contributed by atoms with van der Waals surface area (Å²) in [6, 6.07) is 23.7. The highest BCUT2D eigenvalue weighted by atomic mass is 32.2. The van der Waals surface area contributed by atoms with Crippen LogP contribution in [0.15, 0.2) is 106 Å². The van der Waals surface area contributed by atoms with Crippen molar-refractivity contribution in [1.82, 2.24) is 21.3 Å². The van der Waals surface area contributed by atoms with Gasteiger partial charge in [0.1, 0.15) is 5.84 Å². The number of benzene rings is 3. The van der Waals surface area contributed by atoms with Gasteiger partial charge in [-0.2, -0.15) is 11.8 Å². The molecule has 0 radical (unpaired) electrons. The number of thioether (sulfide) groups is 2. The summed E-state index contributed by atoms with van der Waals surface area (Å²) in [4.78, 5) is 45.0. The number of carbonyl (C=O) groups excluding carboxylic acids is 3. The Bertz CT molecular complexity index is 1830. The van der Waals surface area contributed by atoms with Gasteiger partial charge in [-0.15, -0.1) is 0 Å². The molecule has 2 aliphatic rings. The van der Waals surface area contributed by atoms with E-state index in [1.165, 1.54) is 16.7 Å². The number of hydrogen-bond acceptors (Lipinski definition) is 10. The molecule has 272 valence electrons. The van der Waals surface area contributed by atoms with E-state index in [0.29, 0.717) is 30.1 Å². The van der Waals surface area contributed by atoms with Gasteiger partial charge in [0.2, 0.25) is 6.17 Å². The number of amidine groups is 1. The Kier molecular flexibility index (Phi) is 14.2. The fourth-order valence-electron chi connectivity index (χ4n) is 5.34. The van der Waals surface area contributed by atoms with Gasteiger partial charge in [0.05, 0.1) is 23.0 Å². The van der Waals surface area contributed by atoms with Crippen LogP contribution in [0.2, 0.25) is 0 Å². The molecular formula is C37H43N9O4S2. The zero-order valence-corrected chi connectivity index (χ0v) is 30.4. The molecule has 5 rings (SSSR count). The van der Waals surface area contributed by atoms with E-state index in [0.717, 1.165) is 58.4 Å². The third kappa shape index (κ3) is 11.4. The van der Waals surface area contributed by atoms with Gasteiger partial charge in [0, 0.05) is 66.7 Å². The van der Waals surface area contributed by atoms with Crippen LogP contribution in [0.4, 0.5) is 21.0 Å². The average Bonchev–Trinajstić information content (AvgIpc) is 3.55. The molecule has 4 amide bonds. The number of ether oxygens (including phenoxy) is 1. The van der Waals surface area contributed by atoms with Crippen molar-refractivity contribution in [2.45, 2.75) is 19.0 Å².